The van der Waals surface area contributed by atoms with E-state index in [1.807, 2.05) is 23.1 Å². The van der Waals surface area contributed by atoms with Crippen LogP contribution in [0.5, 0.6) is 0 Å². The lowest BCUT2D eigenvalue weighted by Crippen LogP contribution is -2.49. The summed E-state index contributed by atoms with van der Waals surface area (Å²) in [6, 6.07) is 6.10. The fourth-order valence-electron chi connectivity index (χ4n) is 2.63. The van der Waals surface area contributed by atoms with E-state index in [9.17, 15) is 4.79 Å². The number of benzene rings is 1. The molecule has 1 aromatic carbocycles. The maximum Gasteiger partial charge on any atom is 0.254 e. The van der Waals surface area contributed by atoms with Gasteiger partial charge in [0.25, 0.3) is 5.91 Å². The van der Waals surface area contributed by atoms with Crippen molar-refractivity contribution in [3.8, 4) is 0 Å². The van der Waals surface area contributed by atoms with Crippen LogP contribution in [0.3, 0.4) is 0 Å². The minimum absolute atomic E-state index is 0.125. The molecule has 1 heterocycles. The Morgan fingerprint density at radius 3 is 2.89 bits per heavy atom. The molecule has 0 saturated carbocycles. The van der Waals surface area contributed by atoms with Crippen molar-refractivity contribution in [1.29, 1.82) is 0 Å². The van der Waals surface area contributed by atoms with Crippen LogP contribution >= 0.6 is 22.6 Å². The van der Waals surface area contributed by atoms with Crippen LogP contribution in [0.1, 0.15) is 35.7 Å². The SMILES string of the molecule is Cc1ccc(C(=O)N2CCC(C)CC2CN)cc1I. The lowest BCUT2D eigenvalue weighted by atomic mass is 9.92. The van der Waals surface area contributed by atoms with Crippen LogP contribution in [0, 0.1) is 16.4 Å². The molecule has 104 valence electrons. The number of carbonyl (C=O) groups excluding carboxylic acids is 1. The molecule has 2 rings (SSSR count). The lowest BCUT2D eigenvalue weighted by molar-refractivity contribution is 0.0573. The Bertz CT molecular complexity index is 475. The highest BCUT2D eigenvalue weighted by Gasteiger charge is 2.29. The predicted molar refractivity (Wildman–Crippen MR) is 86.2 cm³/mol. The highest BCUT2D eigenvalue weighted by molar-refractivity contribution is 14.1. The van der Waals surface area contributed by atoms with Crippen LogP contribution in [-0.4, -0.2) is 29.9 Å². The number of aryl methyl sites for hydroxylation is 1. The number of carbonyl (C=O) groups is 1. The second kappa shape index (κ2) is 6.22. The maximum atomic E-state index is 12.6. The first kappa shape index (κ1) is 14.8. The summed E-state index contributed by atoms with van der Waals surface area (Å²) < 4.78 is 1.14. The molecule has 1 fully saturated rings. The first-order valence-corrected chi connectivity index (χ1v) is 7.88. The molecule has 1 aliphatic heterocycles. The Kier molecular flexibility index (Phi) is 4.84. The van der Waals surface area contributed by atoms with Gasteiger partial charge in [-0.05, 0) is 66.0 Å². The van der Waals surface area contributed by atoms with Crippen LogP contribution in [0.2, 0.25) is 0 Å². The standard InChI is InChI=1S/C15H21IN2O/c1-10-5-6-18(13(7-10)9-17)15(19)12-4-3-11(2)14(16)8-12/h3-4,8,10,13H,5-7,9,17H2,1-2H3. The summed E-state index contributed by atoms with van der Waals surface area (Å²) in [5.74, 6) is 0.788. The Labute approximate surface area is 128 Å². The summed E-state index contributed by atoms with van der Waals surface area (Å²) in [4.78, 5) is 14.6. The van der Waals surface area contributed by atoms with Gasteiger partial charge >= 0.3 is 0 Å². The van der Waals surface area contributed by atoms with Gasteiger partial charge in [-0.1, -0.05) is 13.0 Å². The topological polar surface area (TPSA) is 46.3 Å². The van der Waals surface area contributed by atoms with Gasteiger partial charge in [-0.25, -0.2) is 0 Å². The van der Waals surface area contributed by atoms with Crippen LogP contribution in [0.25, 0.3) is 0 Å². The van der Waals surface area contributed by atoms with Crippen LogP contribution in [0.4, 0.5) is 0 Å². The number of nitrogens with two attached hydrogens (primary N) is 1. The Morgan fingerprint density at radius 1 is 1.53 bits per heavy atom. The van der Waals surface area contributed by atoms with Gasteiger partial charge in [-0.3, -0.25) is 4.79 Å². The largest absolute Gasteiger partial charge is 0.334 e. The summed E-state index contributed by atoms with van der Waals surface area (Å²) in [5.41, 5.74) is 7.82. The van der Waals surface area contributed by atoms with E-state index < -0.39 is 0 Å². The van der Waals surface area contributed by atoms with Gasteiger partial charge in [-0.15, -0.1) is 0 Å². The molecule has 1 saturated heterocycles. The van der Waals surface area contributed by atoms with Gasteiger partial charge in [0.2, 0.25) is 0 Å². The monoisotopic (exact) mass is 372 g/mol. The predicted octanol–water partition coefficient (Wildman–Crippen LogP) is 2.80. The number of amides is 1. The zero-order valence-corrected chi connectivity index (χ0v) is 13.7. The van der Waals surface area contributed by atoms with Crippen molar-refractivity contribution in [2.45, 2.75) is 32.7 Å². The highest BCUT2D eigenvalue weighted by atomic mass is 127. The summed E-state index contributed by atoms with van der Waals surface area (Å²) >= 11 is 2.28. The zero-order chi connectivity index (χ0) is 14.0. The van der Waals surface area contributed by atoms with Gasteiger partial charge in [0.05, 0.1) is 0 Å². The average Bonchev–Trinajstić information content (AvgIpc) is 2.41. The molecule has 1 aliphatic rings. The van der Waals surface area contributed by atoms with Crippen molar-refractivity contribution in [3.63, 3.8) is 0 Å². The van der Waals surface area contributed by atoms with E-state index in [0.717, 1.165) is 28.5 Å². The molecule has 0 aromatic heterocycles. The fraction of sp³-hybridized carbons (Fsp3) is 0.533. The molecule has 1 amide bonds. The minimum atomic E-state index is 0.125. The Hall–Kier alpha value is -0.620. The number of halogens is 1. The molecule has 2 unspecified atom stereocenters. The molecule has 19 heavy (non-hydrogen) atoms. The summed E-state index contributed by atoms with van der Waals surface area (Å²) in [5, 5.41) is 0. The summed E-state index contributed by atoms with van der Waals surface area (Å²) in [7, 11) is 0. The van der Waals surface area contributed by atoms with Crippen LogP contribution < -0.4 is 5.73 Å². The molecule has 0 aliphatic carbocycles. The molecule has 3 nitrogen and oxygen atoms in total. The van der Waals surface area contributed by atoms with Crippen molar-refractivity contribution in [3.05, 3.63) is 32.9 Å². The van der Waals surface area contributed by atoms with Gasteiger partial charge in [-0.2, -0.15) is 0 Å². The number of piperidine rings is 1. The normalized spacial score (nSPS) is 23.5. The smallest absolute Gasteiger partial charge is 0.254 e. The number of likely N-dealkylation sites (tertiary alicyclic amines) is 1. The van der Waals surface area contributed by atoms with E-state index >= 15 is 0 Å². The number of nitrogens with zero attached hydrogens (tertiary/aromatic N) is 1. The van der Waals surface area contributed by atoms with Gasteiger partial charge in [0, 0.05) is 28.3 Å². The van der Waals surface area contributed by atoms with E-state index in [1.165, 1.54) is 5.56 Å². The molecular formula is C15H21IN2O. The highest BCUT2D eigenvalue weighted by Crippen LogP contribution is 2.24. The van der Waals surface area contributed by atoms with E-state index in [-0.39, 0.29) is 11.9 Å². The molecular weight excluding hydrogens is 351 g/mol. The molecule has 0 radical (unpaired) electrons. The van der Waals surface area contributed by atoms with E-state index in [4.69, 9.17) is 5.73 Å². The molecule has 0 bridgehead atoms. The average molecular weight is 372 g/mol. The minimum Gasteiger partial charge on any atom is -0.334 e. The van der Waals surface area contributed by atoms with Crippen molar-refractivity contribution in [2.75, 3.05) is 13.1 Å². The molecule has 0 spiro atoms. The van der Waals surface area contributed by atoms with E-state index in [0.29, 0.717) is 12.5 Å². The van der Waals surface area contributed by atoms with Crippen molar-refractivity contribution in [2.24, 2.45) is 11.7 Å². The number of hydrogen-bond donors (Lipinski definition) is 1. The fourth-order valence-corrected chi connectivity index (χ4v) is 3.15. The Morgan fingerprint density at radius 2 is 2.26 bits per heavy atom. The molecule has 1 aromatic rings. The van der Waals surface area contributed by atoms with Crippen LogP contribution in [-0.2, 0) is 0 Å². The van der Waals surface area contributed by atoms with Crippen molar-refractivity contribution in [1.82, 2.24) is 4.90 Å². The number of rotatable bonds is 2. The van der Waals surface area contributed by atoms with Gasteiger partial charge in [0.15, 0.2) is 0 Å². The maximum absolute atomic E-state index is 12.6. The van der Waals surface area contributed by atoms with Crippen LogP contribution in [0.15, 0.2) is 18.2 Å². The Balaban J connectivity index is 2.20. The third kappa shape index (κ3) is 3.28. The first-order valence-electron chi connectivity index (χ1n) is 6.80. The summed E-state index contributed by atoms with van der Waals surface area (Å²) in [6.07, 6.45) is 2.09. The second-order valence-corrected chi connectivity index (χ2v) is 6.64. The van der Waals surface area contributed by atoms with E-state index in [2.05, 4.69) is 36.4 Å². The molecule has 2 N–H and O–H groups in total. The van der Waals surface area contributed by atoms with Crippen molar-refractivity contribution < 1.29 is 4.79 Å². The van der Waals surface area contributed by atoms with Gasteiger partial charge < -0.3 is 10.6 Å². The third-order valence-corrected chi connectivity index (χ3v) is 5.09. The third-order valence-electron chi connectivity index (χ3n) is 3.93. The molecule has 2 atom stereocenters. The lowest BCUT2D eigenvalue weighted by Gasteiger charge is -2.38. The van der Waals surface area contributed by atoms with E-state index in [1.54, 1.807) is 0 Å². The quantitative estimate of drug-likeness (QED) is 0.812. The first-order chi connectivity index (χ1) is 9.02. The second-order valence-electron chi connectivity index (χ2n) is 5.48. The zero-order valence-electron chi connectivity index (χ0n) is 11.5. The molecule has 4 heteroatoms. The number of hydrogen-bond acceptors (Lipinski definition) is 2. The van der Waals surface area contributed by atoms with Gasteiger partial charge in [0.1, 0.15) is 0 Å². The summed E-state index contributed by atoms with van der Waals surface area (Å²) in [6.45, 7) is 5.67. The van der Waals surface area contributed by atoms with Crippen molar-refractivity contribution >= 4 is 28.5 Å².